The zero-order valence-corrected chi connectivity index (χ0v) is 13.0. The molecule has 1 unspecified atom stereocenters. The van der Waals surface area contributed by atoms with E-state index in [0.717, 1.165) is 0 Å². The van der Waals surface area contributed by atoms with E-state index in [1.165, 1.54) is 20.8 Å². The molecule has 114 valence electrons. The van der Waals surface area contributed by atoms with Gasteiger partial charge in [0.2, 0.25) is 0 Å². The molecule has 0 N–H and O–H groups in total. The van der Waals surface area contributed by atoms with E-state index in [-0.39, 0.29) is 11.6 Å². The third-order valence-electron chi connectivity index (χ3n) is 2.54. The normalized spacial score (nSPS) is 29.4. The smallest absolute Gasteiger partial charge is 0.303 e. The van der Waals surface area contributed by atoms with Crippen molar-refractivity contribution in [3.8, 4) is 0 Å². The van der Waals surface area contributed by atoms with Gasteiger partial charge in [0.05, 0.1) is 0 Å². The summed E-state index contributed by atoms with van der Waals surface area (Å²) in [6.07, 6.45) is -1.85. The van der Waals surface area contributed by atoms with Gasteiger partial charge in [-0.25, -0.2) is 0 Å². The first-order chi connectivity index (χ1) is 9.29. The van der Waals surface area contributed by atoms with Crippen molar-refractivity contribution in [3.63, 3.8) is 0 Å². The molecule has 1 fully saturated rings. The molecule has 0 radical (unpaired) electrons. The topological polar surface area (TPSA) is 88.1 Å². The van der Waals surface area contributed by atoms with Crippen molar-refractivity contribution in [2.24, 2.45) is 0 Å². The fourth-order valence-corrected chi connectivity index (χ4v) is 2.53. The summed E-state index contributed by atoms with van der Waals surface area (Å²) in [7, 11) is 0. The number of hydrogen-bond donors (Lipinski definition) is 0. The lowest BCUT2D eigenvalue weighted by atomic mass is 10.0. The van der Waals surface area contributed by atoms with Gasteiger partial charge in [-0.1, -0.05) is 15.9 Å². The highest BCUT2D eigenvalue weighted by molar-refractivity contribution is 9.09. The average Bonchev–Trinajstić information content (AvgIpc) is 2.28. The van der Waals surface area contributed by atoms with Crippen LogP contribution in [0.1, 0.15) is 27.2 Å². The van der Waals surface area contributed by atoms with E-state index in [0.29, 0.717) is 6.42 Å². The van der Waals surface area contributed by atoms with Gasteiger partial charge in [-0.15, -0.1) is 0 Å². The van der Waals surface area contributed by atoms with Crippen molar-refractivity contribution in [1.82, 2.24) is 0 Å². The molecule has 1 saturated heterocycles. The summed E-state index contributed by atoms with van der Waals surface area (Å²) in [4.78, 5) is 33.2. The van der Waals surface area contributed by atoms with Crippen LogP contribution in [-0.4, -0.2) is 47.8 Å². The van der Waals surface area contributed by atoms with Crippen molar-refractivity contribution >= 4 is 33.8 Å². The summed E-state index contributed by atoms with van der Waals surface area (Å²) in [5.74, 6) is -1.49. The monoisotopic (exact) mass is 352 g/mol. The third-order valence-corrected chi connectivity index (χ3v) is 3.13. The first kappa shape index (κ1) is 16.9. The molecule has 1 aliphatic heterocycles. The van der Waals surface area contributed by atoms with Gasteiger partial charge < -0.3 is 18.9 Å². The predicted molar refractivity (Wildman–Crippen MR) is 69.9 cm³/mol. The zero-order chi connectivity index (χ0) is 15.3. The minimum Gasteiger partial charge on any atom is -0.463 e. The summed E-state index contributed by atoms with van der Waals surface area (Å²) in [6, 6.07) is 0. The van der Waals surface area contributed by atoms with Gasteiger partial charge in [0.15, 0.2) is 6.10 Å². The second-order valence-corrected chi connectivity index (χ2v) is 5.37. The Morgan fingerprint density at radius 1 is 1.10 bits per heavy atom. The van der Waals surface area contributed by atoms with Gasteiger partial charge in [-0.2, -0.15) is 0 Å². The van der Waals surface area contributed by atoms with Crippen molar-refractivity contribution in [2.75, 3.05) is 6.61 Å². The first-order valence-electron chi connectivity index (χ1n) is 6.07. The Kier molecular flexibility index (Phi) is 6.41. The molecule has 0 saturated carbocycles. The molecule has 7 nitrogen and oxygen atoms in total. The SMILES string of the molecule is CC(=O)OC[C@H]1OC(Br)C[C@@H](OC(C)=O)[C@H]1OC(C)=O. The van der Waals surface area contributed by atoms with Gasteiger partial charge in [0, 0.05) is 27.2 Å². The van der Waals surface area contributed by atoms with Gasteiger partial charge in [0.1, 0.15) is 23.8 Å². The van der Waals surface area contributed by atoms with E-state index >= 15 is 0 Å². The maximum atomic E-state index is 11.2. The molecule has 1 rings (SSSR count). The number of rotatable bonds is 4. The van der Waals surface area contributed by atoms with E-state index in [1.807, 2.05) is 0 Å². The largest absolute Gasteiger partial charge is 0.463 e. The van der Waals surface area contributed by atoms with Crippen LogP contribution < -0.4 is 0 Å². The first-order valence-corrected chi connectivity index (χ1v) is 6.98. The van der Waals surface area contributed by atoms with Crippen LogP contribution in [0.4, 0.5) is 0 Å². The quantitative estimate of drug-likeness (QED) is 0.422. The van der Waals surface area contributed by atoms with E-state index < -0.39 is 36.2 Å². The molecule has 0 aromatic carbocycles. The predicted octanol–water partition coefficient (Wildman–Crippen LogP) is 0.923. The van der Waals surface area contributed by atoms with Crippen LogP contribution in [0.3, 0.4) is 0 Å². The molecule has 0 aliphatic carbocycles. The van der Waals surface area contributed by atoms with E-state index in [1.54, 1.807) is 0 Å². The van der Waals surface area contributed by atoms with E-state index in [4.69, 9.17) is 18.9 Å². The Morgan fingerprint density at radius 2 is 1.70 bits per heavy atom. The Balaban J connectivity index is 2.82. The molecule has 0 aromatic heterocycles. The Hall–Kier alpha value is -1.15. The lowest BCUT2D eigenvalue weighted by molar-refractivity contribution is -0.203. The molecule has 0 aromatic rings. The average molecular weight is 353 g/mol. The van der Waals surface area contributed by atoms with Crippen molar-refractivity contribution in [1.29, 1.82) is 0 Å². The molecule has 8 heteroatoms. The number of ether oxygens (including phenoxy) is 4. The number of halogens is 1. The highest BCUT2D eigenvalue weighted by Crippen LogP contribution is 2.28. The van der Waals surface area contributed by atoms with Crippen LogP contribution >= 0.6 is 15.9 Å². The second kappa shape index (κ2) is 7.58. The molecule has 4 atom stereocenters. The lowest BCUT2D eigenvalue weighted by Gasteiger charge is -2.38. The Labute approximate surface area is 125 Å². The maximum absolute atomic E-state index is 11.2. The van der Waals surface area contributed by atoms with Crippen molar-refractivity contribution in [3.05, 3.63) is 0 Å². The maximum Gasteiger partial charge on any atom is 0.303 e. The van der Waals surface area contributed by atoms with Crippen molar-refractivity contribution < 1.29 is 33.3 Å². The summed E-state index contributed by atoms with van der Waals surface area (Å²) >= 11 is 3.27. The Morgan fingerprint density at radius 3 is 2.20 bits per heavy atom. The number of carbonyl (C=O) groups excluding carboxylic acids is 3. The molecule has 0 amide bonds. The summed E-state index contributed by atoms with van der Waals surface area (Å²) in [6.45, 7) is 3.69. The summed E-state index contributed by atoms with van der Waals surface area (Å²) in [5.41, 5.74) is 0. The second-order valence-electron chi connectivity index (χ2n) is 4.34. The fraction of sp³-hybridized carbons (Fsp3) is 0.750. The molecular weight excluding hydrogens is 336 g/mol. The number of carbonyl (C=O) groups is 3. The van der Waals surface area contributed by atoms with Crippen LogP contribution in [0.15, 0.2) is 0 Å². The summed E-state index contributed by atoms with van der Waals surface area (Å²) < 4.78 is 20.7. The zero-order valence-electron chi connectivity index (χ0n) is 11.5. The molecule has 1 aliphatic rings. The van der Waals surface area contributed by atoms with E-state index in [9.17, 15) is 14.4 Å². The van der Waals surface area contributed by atoms with Gasteiger partial charge in [-0.3, -0.25) is 14.4 Å². The number of alkyl halides is 1. The highest BCUT2D eigenvalue weighted by Gasteiger charge is 2.42. The Bertz CT molecular complexity index is 384. The van der Waals surface area contributed by atoms with Gasteiger partial charge >= 0.3 is 17.9 Å². The molecule has 0 bridgehead atoms. The van der Waals surface area contributed by atoms with Crippen molar-refractivity contribution in [2.45, 2.75) is 50.5 Å². The van der Waals surface area contributed by atoms with Crippen LogP contribution in [0, 0.1) is 0 Å². The minimum atomic E-state index is -0.815. The molecule has 20 heavy (non-hydrogen) atoms. The molecule has 1 heterocycles. The van der Waals surface area contributed by atoms with Crippen LogP contribution in [0.5, 0.6) is 0 Å². The minimum absolute atomic E-state index is 0.0901. The third kappa shape index (κ3) is 5.46. The van der Waals surface area contributed by atoms with Crippen LogP contribution in [-0.2, 0) is 33.3 Å². The lowest BCUT2D eigenvalue weighted by Crippen LogP contribution is -2.52. The highest BCUT2D eigenvalue weighted by atomic mass is 79.9. The van der Waals surface area contributed by atoms with Crippen LogP contribution in [0.25, 0.3) is 0 Å². The standard InChI is InChI=1S/C12H17BrO7/c1-6(14)17-5-10-12(19-8(3)16)9(18-7(2)15)4-11(13)20-10/h9-12H,4-5H2,1-3H3/t9-,10-,11?,12-/m1/s1. The molecule has 0 spiro atoms. The number of esters is 3. The van der Waals surface area contributed by atoms with E-state index in [2.05, 4.69) is 15.9 Å². The van der Waals surface area contributed by atoms with Crippen LogP contribution in [0.2, 0.25) is 0 Å². The fourth-order valence-electron chi connectivity index (χ4n) is 1.88. The molecular formula is C12H17BrO7. The summed E-state index contributed by atoms with van der Waals surface area (Å²) in [5, 5.41) is -0.390. The van der Waals surface area contributed by atoms with Gasteiger partial charge in [-0.05, 0) is 0 Å². The number of hydrogen-bond acceptors (Lipinski definition) is 7. The van der Waals surface area contributed by atoms with Gasteiger partial charge in [0.25, 0.3) is 0 Å².